The number of nitrogens with one attached hydrogen (secondary N) is 1. The van der Waals surface area contributed by atoms with E-state index in [0.29, 0.717) is 6.29 Å². The van der Waals surface area contributed by atoms with Crippen LogP contribution in [0.5, 0.6) is 0 Å². The Kier molecular flexibility index (Phi) is 3.03. The van der Waals surface area contributed by atoms with Crippen molar-refractivity contribution in [3.8, 4) is 0 Å². The third kappa shape index (κ3) is 1.84. The van der Waals surface area contributed by atoms with Gasteiger partial charge in [0.05, 0.1) is 6.04 Å². The van der Waals surface area contributed by atoms with E-state index in [0.717, 1.165) is 0 Å². The van der Waals surface area contributed by atoms with Crippen LogP contribution in [0.3, 0.4) is 0 Å². The maximum atomic E-state index is 10.3. The molecular formula is C5H9NO2. The highest BCUT2D eigenvalue weighted by molar-refractivity contribution is 6.27. The van der Waals surface area contributed by atoms with Crippen LogP contribution in [-0.2, 0) is 9.59 Å². The first-order valence-electron chi connectivity index (χ1n) is 2.38. The summed E-state index contributed by atoms with van der Waals surface area (Å²) in [6.45, 7) is 1.64. The van der Waals surface area contributed by atoms with E-state index in [4.69, 9.17) is 0 Å². The zero-order valence-electron chi connectivity index (χ0n) is 4.97. The first kappa shape index (κ1) is 7.30. The molecule has 3 nitrogen and oxygen atoms in total. The van der Waals surface area contributed by atoms with Crippen LogP contribution in [0.15, 0.2) is 0 Å². The van der Waals surface area contributed by atoms with E-state index in [1.165, 1.54) is 0 Å². The monoisotopic (exact) mass is 115 g/mol. The van der Waals surface area contributed by atoms with E-state index in [1.807, 2.05) is 0 Å². The van der Waals surface area contributed by atoms with Crippen molar-refractivity contribution in [3.63, 3.8) is 0 Å². The molecule has 0 aliphatic rings. The van der Waals surface area contributed by atoms with Crippen molar-refractivity contribution in [1.29, 1.82) is 0 Å². The summed E-state index contributed by atoms with van der Waals surface area (Å²) in [5.41, 5.74) is 0. The molecular weight excluding hydrogens is 106 g/mol. The predicted octanol–water partition coefficient (Wildman–Crippen LogP) is -0.638. The highest BCUT2D eigenvalue weighted by atomic mass is 16.2. The molecule has 46 valence electrons. The van der Waals surface area contributed by atoms with Crippen molar-refractivity contribution in [3.05, 3.63) is 0 Å². The summed E-state index contributed by atoms with van der Waals surface area (Å²) >= 11 is 0. The number of hydrogen-bond acceptors (Lipinski definition) is 3. The molecule has 8 heavy (non-hydrogen) atoms. The smallest absolute Gasteiger partial charge is 0.211 e. The normalized spacial score (nSPS) is 12.8. The topological polar surface area (TPSA) is 46.2 Å². The molecule has 0 bridgehead atoms. The quantitative estimate of drug-likeness (QED) is 0.393. The van der Waals surface area contributed by atoms with E-state index in [-0.39, 0.29) is 6.04 Å². The fraction of sp³-hybridized carbons (Fsp3) is 0.600. The Labute approximate surface area is 48.1 Å². The first-order chi connectivity index (χ1) is 3.72. The summed E-state index contributed by atoms with van der Waals surface area (Å²) in [4.78, 5) is 20.0. The summed E-state index contributed by atoms with van der Waals surface area (Å²) < 4.78 is 0. The van der Waals surface area contributed by atoms with Crippen LogP contribution < -0.4 is 5.32 Å². The lowest BCUT2D eigenvalue weighted by molar-refractivity contribution is -0.130. The molecule has 0 radical (unpaired) electrons. The van der Waals surface area contributed by atoms with E-state index < -0.39 is 5.78 Å². The molecule has 0 aliphatic heterocycles. The number of aldehydes is 1. The summed E-state index contributed by atoms with van der Waals surface area (Å²) in [7, 11) is 1.63. The second-order valence-electron chi connectivity index (χ2n) is 1.53. The zero-order valence-corrected chi connectivity index (χ0v) is 4.97. The fourth-order valence-electron chi connectivity index (χ4n) is 0.244. The number of hydrogen-bond donors (Lipinski definition) is 1. The molecule has 1 unspecified atom stereocenters. The van der Waals surface area contributed by atoms with Crippen LogP contribution in [0, 0.1) is 0 Å². The SMILES string of the molecule is CNC(C)C(=O)C=O. The van der Waals surface area contributed by atoms with Gasteiger partial charge in [0.1, 0.15) is 0 Å². The van der Waals surface area contributed by atoms with Gasteiger partial charge in [-0.3, -0.25) is 9.59 Å². The van der Waals surface area contributed by atoms with Crippen molar-refractivity contribution in [2.24, 2.45) is 0 Å². The van der Waals surface area contributed by atoms with Gasteiger partial charge >= 0.3 is 0 Å². The van der Waals surface area contributed by atoms with Crippen LogP contribution >= 0.6 is 0 Å². The molecule has 1 atom stereocenters. The molecule has 0 aliphatic carbocycles. The standard InChI is InChI=1S/C5H9NO2/c1-4(6-2)5(8)3-7/h3-4,6H,1-2H3. The minimum atomic E-state index is -0.410. The van der Waals surface area contributed by atoms with Gasteiger partial charge in [0, 0.05) is 0 Å². The van der Waals surface area contributed by atoms with Crippen molar-refractivity contribution in [2.75, 3.05) is 7.05 Å². The number of carbonyl (C=O) groups excluding carboxylic acids is 2. The van der Waals surface area contributed by atoms with Crippen molar-refractivity contribution in [2.45, 2.75) is 13.0 Å². The molecule has 0 saturated heterocycles. The van der Waals surface area contributed by atoms with Crippen LogP contribution in [-0.4, -0.2) is 25.2 Å². The average molecular weight is 115 g/mol. The molecule has 0 aromatic carbocycles. The Morgan fingerprint density at radius 3 is 2.38 bits per heavy atom. The second-order valence-corrected chi connectivity index (χ2v) is 1.53. The summed E-state index contributed by atoms with van der Waals surface area (Å²) in [6, 6.07) is -0.340. The Morgan fingerprint density at radius 2 is 2.25 bits per heavy atom. The lowest BCUT2D eigenvalue weighted by atomic mass is 10.2. The second kappa shape index (κ2) is 3.32. The average Bonchev–Trinajstić information content (AvgIpc) is 1.84. The first-order valence-corrected chi connectivity index (χ1v) is 2.38. The van der Waals surface area contributed by atoms with E-state index in [1.54, 1.807) is 14.0 Å². The van der Waals surface area contributed by atoms with E-state index in [9.17, 15) is 9.59 Å². The molecule has 0 rings (SSSR count). The number of Topliss-reactive ketones (excluding diaryl/α,β-unsaturated/α-hetero) is 1. The van der Waals surface area contributed by atoms with Crippen molar-refractivity contribution in [1.82, 2.24) is 5.32 Å². The van der Waals surface area contributed by atoms with Crippen LogP contribution in [0.25, 0.3) is 0 Å². The van der Waals surface area contributed by atoms with Crippen molar-refractivity contribution >= 4 is 12.1 Å². The third-order valence-electron chi connectivity index (χ3n) is 0.976. The molecule has 0 fully saturated rings. The largest absolute Gasteiger partial charge is 0.310 e. The molecule has 1 N–H and O–H groups in total. The number of carbonyl (C=O) groups is 2. The zero-order chi connectivity index (χ0) is 6.57. The van der Waals surface area contributed by atoms with Gasteiger partial charge < -0.3 is 5.32 Å². The Morgan fingerprint density at radius 1 is 1.75 bits per heavy atom. The van der Waals surface area contributed by atoms with Crippen LogP contribution in [0.2, 0.25) is 0 Å². The Bertz CT molecular complexity index is 101. The minimum Gasteiger partial charge on any atom is -0.310 e. The molecule has 3 heteroatoms. The van der Waals surface area contributed by atoms with Gasteiger partial charge in [-0.15, -0.1) is 0 Å². The highest BCUT2D eigenvalue weighted by Crippen LogP contribution is 1.76. The number of likely N-dealkylation sites (N-methyl/N-ethyl adjacent to an activating group) is 1. The number of ketones is 1. The maximum Gasteiger partial charge on any atom is 0.211 e. The lowest BCUT2D eigenvalue weighted by Crippen LogP contribution is -2.31. The Hall–Kier alpha value is -0.700. The molecule has 0 spiro atoms. The fourth-order valence-corrected chi connectivity index (χ4v) is 0.244. The molecule has 0 aromatic heterocycles. The molecule has 0 heterocycles. The van der Waals surface area contributed by atoms with E-state index in [2.05, 4.69) is 5.32 Å². The van der Waals surface area contributed by atoms with Gasteiger partial charge in [-0.25, -0.2) is 0 Å². The summed E-state index contributed by atoms with van der Waals surface area (Å²) in [5.74, 6) is -0.410. The van der Waals surface area contributed by atoms with Crippen molar-refractivity contribution < 1.29 is 9.59 Å². The van der Waals surface area contributed by atoms with Gasteiger partial charge in [0.2, 0.25) is 5.78 Å². The summed E-state index contributed by atoms with van der Waals surface area (Å²) in [6.07, 6.45) is 0.321. The molecule has 0 aromatic rings. The summed E-state index contributed by atoms with van der Waals surface area (Å²) in [5, 5.41) is 2.63. The van der Waals surface area contributed by atoms with Gasteiger partial charge in [-0.1, -0.05) is 0 Å². The highest BCUT2D eigenvalue weighted by Gasteiger charge is 2.06. The van der Waals surface area contributed by atoms with Crippen LogP contribution in [0.4, 0.5) is 0 Å². The minimum absolute atomic E-state index is 0.321. The predicted molar refractivity (Wildman–Crippen MR) is 29.6 cm³/mol. The van der Waals surface area contributed by atoms with Crippen LogP contribution in [0.1, 0.15) is 6.92 Å². The third-order valence-corrected chi connectivity index (χ3v) is 0.976. The van der Waals surface area contributed by atoms with Gasteiger partial charge in [0.15, 0.2) is 6.29 Å². The molecule has 0 amide bonds. The number of rotatable bonds is 3. The van der Waals surface area contributed by atoms with Gasteiger partial charge in [0.25, 0.3) is 0 Å². The maximum absolute atomic E-state index is 10.3. The van der Waals surface area contributed by atoms with Gasteiger partial charge in [-0.2, -0.15) is 0 Å². The Balaban J connectivity index is 3.62. The van der Waals surface area contributed by atoms with Gasteiger partial charge in [-0.05, 0) is 14.0 Å². The lowest BCUT2D eigenvalue weighted by Gasteiger charge is -2.00. The molecule has 0 saturated carbocycles. The van der Waals surface area contributed by atoms with E-state index >= 15 is 0 Å².